The van der Waals surface area contributed by atoms with E-state index in [0.29, 0.717) is 0 Å². The standard InChI is InChI=1S/C29H26FN7/c1-37(2)10-4-5-18-11-20(16-31-15-18)25-14-24-27(17-33-25)35-36-28(24)26-13-23-22(8-9-32-29(23)34-26)19-6-3-7-21(30)12-19/h3,6-9,11-17H,4-5,10H2,1-2H3,(H,32,34)(H,35,36). The maximum atomic E-state index is 13.9. The fraction of sp³-hybridized carbons (Fsp3) is 0.172. The van der Waals surface area contributed by atoms with E-state index < -0.39 is 0 Å². The summed E-state index contributed by atoms with van der Waals surface area (Å²) < 4.78 is 13.9. The fourth-order valence-electron chi connectivity index (χ4n) is 4.71. The second-order valence-electron chi connectivity index (χ2n) is 9.49. The SMILES string of the molecule is CN(C)CCCc1cncc(-c2cc3c(-c4cc5c(-c6cccc(F)c6)ccnc5[nH]4)n[nH]c3cn2)c1. The first-order valence-corrected chi connectivity index (χ1v) is 12.2. The lowest BCUT2D eigenvalue weighted by Gasteiger charge is -2.09. The van der Waals surface area contributed by atoms with E-state index in [2.05, 4.69) is 55.2 Å². The number of fused-ring (bicyclic) bond motifs is 2. The molecule has 0 radical (unpaired) electrons. The van der Waals surface area contributed by atoms with Crippen LogP contribution in [0, 0.1) is 5.82 Å². The average Bonchev–Trinajstić information content (AvgIpc) is 3.52. The van der Waals surface area contributed by atoms with Crippen LogP contribution in [0.1, 0.15) is 12.0 Å². The second kappa shape index (κ2) is 9.55. The molecule has 0 atom stereocenters. The molecular weight excluding hydrogens is 465 g/mol. The fourth-order valence-corrected chi connectivity index (χ4v) is 4.71. The van der Waals surface area contributed by atoms with Gasteiger partial charge in [0.25, 0.3) is 0 Å². The Bertz CT molecular complexity index is 1720. The molecule has 0 spiro atoms. The van der Waals surface area contributed by atoms with Crippen molar-refractivity contribution in [2.75, 3.05) is 20.6 Å². The molecule has 0 bridgehead atoms. The number of nitrogens with zero attached hydrogens (tertiary/aromatic N) is 5. The number of pyridine rings is 3. The first-order valence-electron chi connectivity index (χ1n) is 12.2. The molecule has 0 saturated heterocycles. The molecule has 184 valence electrons. The van der Waals surface area contributed by atoms with Crippen molar-refractivity contribution in [1.82, 2.24) is 35.0 Å². The van der Waals surface area contributed by atoms with Crippen LogP contribution in [0.3, 0.4) is 0 Å². The van der Waals surface area contributed by atoms with Crippen molar-refractivity contribution in [1.29, 1.82) is 0 Å². The molecule has 0 saturated carbocycles. The second-order valence-corrected chi connectivity index (χ2v) is 9.49. The predicted octanol–water partition coefficient (Wildman–Crippen LogP) is 5.86. The molecule has 6 aromatic rings. The molecule has 8 heteroatoms. The van der Waals surface area contributed by atoms with E-state index in [4.69, 9.17) is 0 Å². The van der Waals surface area contributed by atoms with Crippen LogP contribution < -0.4 is 0 Å². The molecule has 2 N–H and O–H groups in total. The van der Waals surface area contributed by atoms with E-state index in [-0.39, 0.29) is 5.82 Å². The molecule has 6 rings (SSSR count). The summed E-state index contributed by atoms with van der Waals surface area (Å²) in [6.45, 7) is 1.03. The van der Waals surface area contributed by atoms with Gasteiger partial charge in [0.1, 0.15) is 17.2 Å². The minimum absolute atomic E-state index is 0.271. The Labute approximate surface area is 213 Å². The first-order chi connectivity index (χ1) is 18.0. The highest BCUT2D eigenvalue weighted by Crippen LogP contribution is 2.34. The Balaban J connectivity index is 1.38. The van der Waals surface area contributed by atoms with Crippen LogP contribution in [0.25, 0.3) is 55.7 Å². The highest BCUT2D eigenvalue weighted by molar-refractivity contribution is 6.00. The molecule has 5 aromatic heterocycles. The third kappa shape index (κ3) is 4.59. The largest absolute Gasteiger partial charge is 0.338 e. The lowest BCUT2D eigenvalue weighted by atomic mass is 10.0. The van der Waals surface area contributed by atoms with Crippen LogP contribution in [0.15, 0.2) is 73.3 Å². The number of H-pyrrole nitrogens is 2. The van der Waals surface area contributed by atoms with Gasteiger partial charge in [0.15, 0.2) is 0 Å². The van der Waals surface area contributed by atoms with E-state index in [1.54, 1.807) is 18.5 Å². The topological polar surface area (TPSA) is 86.4 Å². The van der Waals surface area contributed by atoms with Gasteiger partial charge in [-0.05, 0) is 86.6 Å². The maximum absolute atomic E-state index is 13.9. The van der Waals surface area contributed by atoms with Crippen LogP contribution in [0.2, 0.25) is 0 Å². The quantitative estimate of drug-likeness (QED) is 0.292. The molecule has 0 unspecified atom stereocenters. The molecule has 0 aliphatic heterocycles. The summed E-state index contributed by atoms with van der Waals surface area (Å²) >= 11 is 0. The van der Waals surface area contributed by atoms with Crippen LogP contribution in [-0.4, -0.2) is 55.7 Å². The summed E-state index contributed by atoms with van der Waals surface area (Å²) in [6, 6.07) is 14.7. The van der Waals surface area contributed by atoms with E-state index in [1.165, 1.54) is 17.7 Å². The zero-order chi connectivity index (χ0) is 25.4. The van der Waals surface area contributed by atoms with Crippen molar-refractivity contribution in [3.05, 3.63) is 84.7 Å². The van der Waals surface area contributed by atoms with Gasteiger partial charge in [-0.15, -0.1) is 0 Å². The number of benzene rings is 1. The van der Waals surface area contributed by atoms with Crippen molar-refractivity contribution < 1.29 is 4.39 Å². The molecular formula is C29H26FN7. The number of hydrogen-bond donors (Lipinski definition) is 2. The first kappa shape index (κ1) is 23.0. The van der Waals surface area contributed by atoms with Crippen LogP contribution in [0.4, 0.5) is 4.39 Å². The van der Waals surface area contributed by atoms with Gasteiger partial charge in [0.2, 0.25) is 0 Å². The average molecular weight is 492 g/mol. The summed E-state index contributed by atoms with van der Waals surface area (Å²) in [6.07, 6.45) is 9.34. The lowest BCUT2D eigenvalue weighted by molar-refractivity contribution is 0.400. The molecule has 7 nitrogen and oxygen atoms in total. The predicted molar refractivity (Wildman–Crippen MR) is 144 cm³/mol. The monoisotopic (exact) mass is 491 g/mol. The number of aryl methyl sites for hydroxylation is 1. The van der Waals surface area contributed by atoms with Gasteiger partial charge in [0, 0.05) is 34.9 Å². The third-order valence-corrected chi connectivity index (χ3v) is 6.53. The lowest BCUT2D eigenvalue weighted by Crippen LogP contribution is -2.13. The zero-order valence-electron chi connectivity index (χ0n) is 20.7. The smallest absolute Gasteiger partial charge is 0.138 e. The molecule has 37 heavy (non-hydrogen) atoms. The van der Waals surface area contributed by atoms with Crippen molar-refractivity contribution >= 4 is 21.9 Å². The summed E-state index contributed by atoms with van der Waals surface area (Å²) in [7, 11) is 4.17. The Kier molecular flexibility index (Phi) is 5.94. The number of hydrogen-bond acceptors (Lipinski definition) is 5. The molecule has 0 aliphatic rings. The van der Waals surface area contributed by atoms with Crippen molar-refractivity contribution in [3.8, 4) is 33.8 Å². The van der Waals surface area contributed by atoms with Crippen LogP contribution in [0.5, 0.6) is 0 Å². The van der Waals surface area contributed by atoms with E-state index in [1.807, 2.05) is 36.7 Å². The number of halogens is 1. The minimum Gasteiger partial charge on any atom is -0.338 e. The van der Waals surface area contributed by atoms with Crippen LogP contribution in [-0.2, 0) is 6.42 Å². The van der Waals surface area contributed by atoms with Crippen molar-refractivity contribution in [3.63, 3.8) is 0 Å². The zero-order valence-corrected chi connectivity index (χ0v) is 20.7. The Morgan fingerprint density at radius 3 is 2.70 bits per heavy atom. The van der Waals surface area contributed by atoms with E-state index >= 15 is 0 Å². The normalized spacial score (nSPS) is 11.7. The summed E-state index contributed by atoms with van der Waals surface area (Å²) in [5.74, 6) is -0.271. The number of nitrogens with one attached hydrogen (secondary N) is 2. The van der Waals surface area contributed by atoms with Gasteiger partial charge in [-0.3, -0.25) is 15.1 Å². The van der Waals surface area contributed by atoms with E-state index in [0.717, 1.165) is 75.1 Å². The van der Waals surface area contributed by atoms with Gasteiger partial charge in [-0.2, -0.15) is 5.10 Å². The van der Waals surface area contributed by atoms with Crippen LogP contribution >= 0.6 is 0 Å². The summed E-state index contributed by atoms with van der Waals surface area (Å²) in [4.78, 5) is 19.2. The third-order valence-electron chi connectivity index (χ3n) is 6.53. The highest BCUT2D eigenvalue weighted by atomic mass is 19.1. The Hall–Kier alpha value is -4.43. The number of aromatic nitrogens is 6. The molecule has 0 aliphatic carbocycles. The molecule has 5 heterocycles. The number of aromatic amines is 2. The van der Waals surface area contributed by atoms with Gasteiger partial charge in [-0.25, -0.2) is 9.37 Å². The minimum atomic E-state index is -0.271. The highest BCUT2D eigenvalue weighted by Gasteiger charge is 2.16. The number of rotatable bonds is 7. The molecule has 1 aromatic carbocycles. The maximum Gasteiger partial charge on any atom is 0.138 e. The van der Waals surface area contributed by atoms with Crippen molar-refractivity contribution in [2.24, 2.45) is 0 Å². The van der Waals surface area contributed by atoms with Gasteiger partial charge < -0.3 is 9.88 Å². The summed E-state index contributed by atoms with van der Waals surface area (Å²) in [5, 5.41) is 9.52. The van der Waals surface area contributed by atoms with Crippen molar-refractivity contribution in [2.45, 2.75) is 12.8 Å². The Morgan fingerprint density at radius 1 is 0.919 bits per heavy atom. The Morgan fingerprint density at radius 2 is 1.84 bits per heavy atom. The summed E-state index contributed by atoms with van der Waals surface area (Å²) in [5.41, 5.74) is 7.88. The molecule has 0 amide bonds. The van der Waals surface area contributed by atoms with Gasteiger partial charge in [-0.1, -0.05) is 12.1 Å². The molecule has 0 fully saturated rings. The van der Waals surface area contributed by atoms with Gasteiger partial charge >= 0.3 is 0 Å². The van der Waals surface area contributed by atoms with E-state index in [9.17, 15) is 4.39 Å². The van der Waals surface area contributed by atoms with Gasteiger partial charge in [0.05, 0.1) is 23.1 Å².